The fraction of sp³-hybridized carbons (Fsp3) is 0.900. The van der Waals surface area contributed by atoms with Crippen LogP contribution in [0.4, 0.5) is 0 Å². The lowest BCUT2D eigenvalue weighted by atomic mass is 10.1. The van der Waals surface area contributed by atoms with Crippen LogP contribution in [0.15, 0.2) is 0 Å². The summed E-state index contributed by atoms with van der Waals surface area (Å²) in [6.07, 6.45) is 0.505. The van der Waals surface area contributed by atoms with Crippen molar-refractivity contribution in [3.05, 3.63) is 0 Å². The highest BCUT2D eigenvalue weighted by molar-refractivity contribution is 5.81. The van der Waals surface area contributed by atoms with Crippen LogP contribution in [0.2, 0.25) is 0 Å². The maximum Gasteiger partial charge on any atom is 0.0985 e. The molecule has 1 aliphatic heterocycles. The standard InChI is InChI=1S/C10H20N2O/c1-7(2)10(11)12-5-8(3)13-9(4)6-12/h7-9,11H,5-6H2,1-4H3/t8-,9+. The lowest BCUT2D eigenvalue weighted by Crippen LogP contribution is -2.49. The molecule has 1 heterocycles. The maximum absolute atomic E-state index is 7.89. The highest BCUT2D eigenvalue weighted by Gasteiger charge is 2.24. The van der Waals surface area contributed by atoms with Gasteiger partial charge in [0.1, 0.15) is 0 Å². The molecule has 1 N–H and O–H groups in total. The van der Waals surface area contributed by atoms with Crippen LogP contribution in [0.5, 0.6) is 0 Å². The van der Waals surface area contributed by atoms with E-state index in [1.807, 2.05) is 0 Å². The molecule has 0 saturated carbocycles. The Morgan fingerprint density at radius 1 is 1.31 bits per heavy atom. The Balaban J connectivity index is 2.55. The van der Waals surface area contributed by atoms with Gasteiger partial charge in [-0.2, -0.15) is 0 Å². The summed E-state index contributed by atoms with van der Waals surface area (Å²) >= 11 is 0. The Hall–Kier alpha value is -0.570. The Bertz CT molecular complexity index is 181. The fourth-order valence-corrected chi connectivity index (χ4v) is 1.74. The van der Waals surface area contributed by atoms with E-state index in [9.17, 15) is 0 Å². The Morgan fingerprint density at radius 3 is 2.15 bits per heavy atom. The molecular formula is C10H20N2O. The van der Waals surface area contributed by atoms with E-state index in [1.54, 1.807) is 0 Å². The van der Waals surface area contributed by atoms with Crippen molar-refractivity contribution in [2.24, 2.45) is 5.92 Å². The third-order valence-electron chi connectivity index (χ3n) is 2.31. The Morgan fingerprint density at radius 2 is 1.77 bits per heavy atom. The second-order valence-corrected chi connectivity index (χ2v) is 4.20. The molecule has 0 aromatic heterocycles. The van der Waals surface area contributed by atoms with Crippen LogP contribution in [-0.4, -0.2) is 36.0 Å². The SMILES string of the molecule is CC(C)C(=N)N1C[C@@H](C)O[C@@H](C)C1. The number of nitrogens with zero attached hydrogens (tertiary/aromatic N) is 1. The molecule has 13 heavy (non-hydrogen) atoms. The largest absolute Gasteiger partial charge is 0.372 e. The average molecular weight is 184 g/mol. The minimum absolute atomic E-state index is 0.253. The fourth-order valence-electron chi connectivity index (χ4n) is 1.74. The van der Waals surface area contributed by atoms with Crippen LogP contribution in [0.25, 0.3) is 0 Å². The van der Waals surface area contributed by atoms with E-state index in [0.29, 0.717) is 5.92 Å². The monoisotopic (exact) mass is 184 g/mol. The van der Waals surface area contributed by atoms with Crippen LogP contribution in [0, 0.1) is 11.3 Å². The molecule has 0 radical (unpaired) electrons. The first kappa shape index (κ1) is 10.5. The van der Waals surface area contributed by atoms with Crippen molar-refractivity contribution in [1.29, 1.82) is 5.41 Å². The van der Waals surface area contributed by atoms with Gasteiger partial charge < -0.3 is 9.64 Å². The number of nitrogens with one attached hydrogen (secondary N) is 1. The van der Waals surface area contributed by atoms with Gasteiger partial charge in [0.15, 0.2) is 0 Å². The second kappa shape index (κ2) is 4.09. The summed E-state index contributed by atoms with van der Waals surface area (Å²) in [5.41, 5.74) is 0. The number of ether oxygens (including phenoxy) is 1. The van der Waals surface area contributed by atoms with Crippen molar-refractivity contribution < 1.29 is 4.74 Å². The molecular weight excluding hydrogens is 164 g/mol. The minimum Gasteiger partial charge on any atom is -0.372 e. The molecule has 2 atom stereocenters. The predicted octanol–water partition coefficient (Wildman–Crippen LogP) is 1.73. The summed E-state index contributed by atoms with van der Waals surface area (Å²) in [4.78, 5) is 2.13. The number of amidine groups is 1. The lowest BCUT2D eigenvalue weighted by molar-refractivity contribution is -0.0492. The topological polar surface area (TPSA) is 36.3 Å². The van der Waals surface area contributed by atoms with Crippen molar-refractivity contribution in [2.75, 3.05) is 13.1 Å². The predicted molar refractivity (Wildman–Crippen MR) is 54.1 cm³/mol. The molecule has 1 saturated heterocycles. The first-order chi connectivity index (χ1) is 6.00. The van der Waals surface area contributed by atoms with Gasteiger partial charge in [-0.05, 0) is 13.8 Å². The highest BCUT2D eigenvalue weighted by atomic mass is 16.5. The Kier molecular flexibility index (Phi) is 3.31. The smallest absolute Gasteiger partial charge is 0.0985 e. The van der Waals surface area contributed by atoms with E-state index >= 15 is 0 Å². The van der Waals surface area contributed by atoms with Gasteiger partial charge in [-0.3, -0.25) is 5.41 Å². The molecule has 0 amide bonds. The molecule has 1 aliphatic rings. The molecule has 3 nitrogen and oxygen atoms in total. The molecule has 3 heteroatoms. The molecule has 0 unspecified atom stereocenters. The van der Waals surface area contributed by atoms with E-state index in [0.717, 1.165) is 18.9 Å². The maximum atomic E-state index is 7.89. The molecule has 0 aromatic rings. The van der Waals surface area contributed by atoms with Crippen molar-refractivity contribution in [2.45, 2.75) is 39.9 Å². The summed E-state index contributed by atoms with van der Waals surface area (Å²) < 4.78 is 5.61. The first-order valence-electron chi connectivity index (χ1n) is 4.99. The van der Waals surface area contributed by atoms with Crippen LogP contribution >= 0.6 is 0 Å². The van der Waals surface area contributed by atoms with Crippen molar-refractivity contribution >= 4 is 5.84 Å². The lowest BCUT2D eigenvalue weighted by Gasteiger charge is -2.37. The molecule has 0 bridgehead atoms. The molecule has 0 spiro atoms. The normalized spacial score (nSPS) is 29.5. The van der Waals surface area contributed by atoms with E-state index in [1.165, 1.54) is 0 Å². The molecule has 0 aliphatic carbocycles. The summed E-state index contributed by atoms with van der Waals surface area (Å²) in [6, 6.07) is 0. The van der Waals surface area contributed by atoms with E-state index in [2.05, 4.69) is 32.6 Å². The summed E-state index contributed by atoms with van der Waals surface area (Å²) in [5.74, 6) is 1.06. The van der Waals surface area contributed by atoms with E-state index in [4.69, 9.17) is 10.1 Å². The molecule has 0 aromatic carbocycles. The van der Waals surface area contributed by atoms with Crippen LogP contribution in [-0.2, 0) is 4.74 Å². The molecule has 76 valence electrons. The molecule has 1 fully saturated rings. The zero-order valence-electron chi connectivity index (χ0n) is 9.00. The second-order valence-electron chi connectivity index (χ2n) is 4.20. The van der Waals surface area contributed by atoms with Crippen molar-refractivity contribution in [3.63, 3.8) is 0 Å². The Labute approximate surface area is 80.6 Å². The minimum atomic E-state index is 0.253. The zero-order chi connectivity index (χ0) is 10.0. The van der Waals surface area contributed by atoms with Gasteiger partial charge >= 0.3 is 0 Å². The summed E-state index contributed by atoms with van der Waals surface area (Å²) in [5, 5.41) is 7.89. The van der Waals surface area contributed by atoms with Crippen molar-refractivity contribution in [3.8, 4) is 0 Å². The third kappa shape index (κ3) is 2.69. The molecule has 1 rings (SSSR count). The number of hydrogen-bond donors (Lipinski definition) is 1. The zero-order valence-corrected chi connectivity index (χ0v) is 9.00. The highest BCUT2D eigenvalue weighted by Crippen LogP contribution is 2.13. The number of morpholine rings is 1. The van der Waals surface area contributed by atoms with E-state index in [-0.39, 0.29) is 12.2 Å². The van der Waals surface area contributed by atoms with Crippen LogP contribution in [0.1, 0.15) is 27.7 Å². The van der Waals surface area contributed by atoms with Gasteiger partial charge in [-0.1, -0.05) is 13.8 Å². The van der Waals surface area contributed by atoms with Crippen LogP contribution in [0.3, 0.4) is 0 Å². The van der Waals surface area contributed by atoms with Crippen molar-refractivity contribution in [1.82, 2.24) is 4.90 Å². The first-order valence-corrected chi connectivity index (χ1v) is 4.99. The quantitative estimate of drug-likeness (QED) is 0.497. The van der Waals surface area contributed by atoms with Gasteiger partial charge in [-0.25, -0.2) is 0 Å². The van der Waals surface area contributed by atoms with Gasteiger partial charge in [0.2, 0.25) is 0 Å². The van der Waals surface area contributed by atoms with Gasteiger partial charge in [-0.15, -0.1) is 0 Å². The van der Waals surface area contributed by atoms with Crippen LogP contribution < -0.4 is 0 Å². The van der Waals surface area contributed by atoms with E-state index < -0.39 is 0 Å². The average Bonchev–Trinajstić information content (AvgIpc) is 2.01. The summed E-state index contributed by atoms with van der Waals surface area (Å²) in [7, 11) is 0. The third-order valence-corrected chi connectivity index (χ3v) is 2.31. The van der Waals surface area contributed by atoms with Gasteiger partial charge in [0.05, 0.1) is 18.0 Å². The van der Waals surface area contributed by atoms with Gasteiger partial charge in [0, 0.05) is 19.0 Å². The van der Waals surface area contributed by atoms with Gasteiger partial charge in [0.25, 0.3) is 0 Å². The summed E-state index contributed by atoms with van der Waals surface area (Å²) in [6.45, 7) is 9.98. The number of hydrogen-bond acceptors (Lipinski definition) is 2. The number of rotatable bonds is 1.